The number of nitrogens with zero attached hydrogens (tertiary/aromatic N) is 2. The fourth-order valence-electron chi connectivity index (χ4n) is 2.24. The van der Waals surface area contributed by atoms with Gasteiger partial charge >= 0.3 is 0 Å². The Morgan fingerprint density at radius 1 is 1.31 bits per heavy atom. The number of nitrogens with one attached hydrogen (secondary N) is 1. The van der Waals surface area contributed by atoms with E-state index in [1.54, 1.807) is 0 Å². The zero-order chi connectivity index (χ0) is 10.8. The molecule has 3 nitrogen and oxygen atoms in total. The average Bonchev–Trinajstić information content (AvgIpc) is 2.74. The van der Waals surface area contributed by atoms with Crippen LogP contribution in [0.2, 0.25) is 0 Å². The van der Waals surface area contributed by atoms with Crippen molar-refractivity contribution < 1.29 is 0 Å². The van der Waals surface area contributed by atoms with Gasteiger partial charge in [0.15, 0.2) is 0 Å². The Morgan fingerprint density at radius 2 is 2.31 bits per heavy atom. The molecule has 3 heteroatoms. The van der Waals surface area contributed by atoms with Gasteiger partial charge in [-0.05, 0) is 23.8 Å². The SMILES string of the molecule is c1ccc(Cc2ccn3c2CNCC3)nc1. The van der Waals surface area contributed by atoms with Crippen LogP contribution in [0.4, 0.5) is 0 Å². The second-order valence-electron chi connectivity index (χ2n) is 4.16. The van der Waals surface area contributed by atoms with Crippen LogP contribution < -0.4 is 5.32 Å². The summed E-state index contributed by atoms with van der Waals surface area (Å²) < 4.78 is 2.34. The summed E-state index contributed by atoms with van der Waals surface area (Å²) in [4.78, 5) is 4.37. The smallest absolute Gasteiger partial charge is 0.0448 e. The van der Waals surface area contributed by atoms with Crippen molar-refractivity contribution in [1.82, 2.24) is 14.9 Å². The molecule has 82 valence electrons. The monoisotopic (exact) mass is 213 g/mol. The Labute approximate surface area is 95.1 Å². The van der Waals surface area contributed by atoms with E-state index in [-0.39, 0.29) is 0 Å². The summed E-state index contributed by atoms with van der Waals surface area (Å²) in [7, 11) is 0. The molecular weight excluding hydrogens is 198 g/mol. The van der Waals surface area contributed by atoms with Crippen LogP contribution in [0.5, 0.6) is 0 Å². The van der Waals surface area contributed by atoms with E-state index in [2.05, 4.69) is 33.2 Å². The maximum absolute atomic E-state index is 4.37. The van der Waals surface area contributed by atoms with Crippen LogP contribution in [-0.4, -0.2) is 16.1 Å². The highest BCUT2D eigenvalue weighted by Crippen LogP contribution is 2.16. The molecule has 0 bridgehead atoms. The molecule has 2 aromatic heterocycles. The Balaban J connectivity index is 1.88. The van der Waals surface area contributed by atoms with Gasteiger partial charge in [0.2, 0.25) is 0 Å². The van der Waals surface area contributed by atoms with Gasteiger partial charge in [-0.25, -0.2) is 0 Å². The number of hydrogen-bond acceptors (Lipinski definition) is 2. The van der Waals surface area contributed by atoms with Crippen LogP contribution in [0.25, 0.3) is 0 Å². The summed E-state index contributed by atoms with van der Waals surface area (Å²) >= 11 is 0. The van der Waals surface area contributed by atoms with Crippen LogP contribution in [0.1, 0.15) is 17.0 Å². The summed E-state index contributed by atoms with van der Waals surface area (Å²) in [5.74, 6) is 0. The molecule has 0 atom stereocenters. The largest absolute Gasteiger partial charge is 0.349 e. The lowest BCUT2D eigenvalue weighted by molar-refractivity contribution is 0.513. The predicted molar refractivity (Wildman–Crippen MR) is 63.2 cm³/mol. The number of hydrogen-bond donors (Lipinski definition) is 1. The van der Waals surface area contributed by atoms with Gasteiger partial charge in [-0.2, -0.15) is 0 Å². The Morgan fingerprint density at radius 3 is 3.19 bits per heavy atom. The molecule has 0 saturated heterocycles. The fourth-order valence-corrected chi connectivity index (χ4v) is 2.24. The first-order chi connectivity index (χ1) is 7.93. The van der Waals surface area contributed by atoms with Crippen molar-refractivity contribution >= 4 is 0 Å². The van der Waals surface area contributed by atoms with Crippen molar-refractivity contribution in [2.75, 3.05) is 6.54 Å². The van der Waals surface area contributed by atoms with E-state index in [0.29, 0.717) is 0 Å². The van der Waals surface area contributed by atoms with Crippen LogP contribution in [0, 0.1) is 0 Å². The number of aromatic nitrogens is 2. The molecule has 0 fully saturated rings. The summed E-state index contributed by atoms with van der Waals surface area (Å²) in [6.45, 7) is 3.14. The minimum atomic E-state index is 0.935. The minimum absolute atomic E-state index is 0.935. The molecule has 3 rings (SSSR count). The number of fused-ring (bicyclic) bond motifs is 1. The fraction of sp³-hybridized carbons (Fsp3) is 0.308. The molecule has 0 amide bonds. The van der Waals surface area contributed by atoms with Crippen LogP contribution in [0.3, 0.4) is 0 Å². The normalized spacial score (nSPS) is 14.8. The van der Waals surface area contributed by atoms with Gasteiger partial charge in [-0.3, -0.25) is 4.98 Å². The van der Waals surface area contributed by atoms with Crippen LogP contribution in [0.15, 0.2) is 36.7 Å². The molecule has 0 unspecified atom stereocenters. The second-order valence-corrected chi connectivity index (χ2v) is 4.16. The Kier molecular flexibility index (Phi) is 2.46. The average molecular weight is 213 g/mol. The van der Waals surface area contributed by atoms with Crippen molar-refractivity contribution in [3.05, 3.63) is 53.6 Å². The summed E-state index contributed by atoms with van der Waals surface area (Å²) in [5.41, 5.74) is 3.95. The molecule has 2 aromatic rings. The molecule has 0 aliphatic carbocycles. The molecular formula is C13H15N3. The molecule has 1 aliphatic heterocycles. The quantitative estimate of drug-likeness (QED) is 0.820. The third-order valence-electron chi connectivity index (χ3n) is 3.09. The first-order valence-electron chi connectivity index (χ1n) is 5.71. The lowest BCUT2D eigenvalue weighted by Crippen LogP contribution is -2.28. The van der Waals surface area contributed by atoms with Crippen LogP contribution >= 0.6 is 0 Å². The lowest BCUT2D eigenvalue weighted by atomic mass is 10.1. The van der Waals surface area contributed by atoms with E-state index in [1.807, 2.05) is 18.3 Å². The van der Waals surface area contributed by atoms with Crippen LogP contribution in [-0.2, 0) is 19.5 Å². The molecule has 16 heavy (non-hydrogen) atoms. The van der Waals surface area contributed by atoms with Crippen molar-refractivity contribution in [2.24, 2.45) is 0 Å². The molecule has 0 saturated carbocycles. The van der Waals surface area contributed by atoms with Gasteiger partial charge in [0.05, 0.1) is 0 Å². The highest BCUT2D eigenvalue weighted by molar-refractivity contribution is 5.28. The lowest BCUT2D eigenvalue weighted by Gasteiger charge is -2.17. The van der Waals surface area contributed by atoms with Gasteiger partial charge in [0, 0.05) is 49.8 Å². The third-order valence-corrected chi connectivity index (χ3v) is 3.09. The van der Waals surface area contributed by atoms with E-state index in [1.165, 1.54) is 11.3 Å². The predicted octanol–water partition coefficient (Wildman–Crippen LogP) is 1.58. The van der Waals surface area contributed by atoms with E-state index in [0.717, 1.165) is 31.7 Å². The first kappa shape index (κ1) is 9.60. The molecule has 1 N–H and O–H groups in total. The molecule has 0 aromatic carbocycles. The molecule has 0 spiro atoms. The molecule has 1 aliphatic rings. The summed E-state index contributed by atoms with van der Waals surface area (Å²) in [6, 6.07) is 8.31. The van der Waals surface area contributed by atoms with Crippen molar-refractivity contribution in [3.8, 4) is 0 Å². The highest BCUT2D eigenvalue weighted by atomic mass is 15.1. The van der Waals surface area contributed by atoms with Gasteiger partial charge in [-0.15, -0.1) is 0 Å². The van der Waals surface area contributed by atoms with Crippen molar-refractivity contribution in [2.45, 2.75) is 19.5 Å². The van der Waals surface area contributed by atoms with Crippen molar-refractivity contribution in [3.63, 3.8) is 0 Å². The molecule has 0 radical (unpaired) electrons. The standard InChI is InChI=1S/C13H15N3/c1-2-5-15-12(3-1)9-11-4-7-16-8-6-14-10-13(11)16/h1-5,7,14H,6,8-10H2. The zero-order valence-electron chi connectivity index (χ0n) is 9.19. The van der Waals surface area contributed by atoms with E-state index in [9.17, 15) is 0 Å². The van der Waals surface area contributed by atoms with Gasteiger partial charge in [-0.1, -0.05) is 6.07 Å². The summed E-state index contributed by atoms with van der Waals surface area (Å²) in [6.07, 6.45) is 4.98. The summed E-state index contributed by atoms with van der Waals surface area (Å²) in [5, 5.41) is 3.41. The highest BCUT2D eigenvalue weighted by Gasteiger charge is 2.12. The number of pyridine rings is 1. The van der Waals surface area contributed by atoms with Gasteiger partial charge in [0.25, 0.3) is 0 Å². The van der Waals surface area contributed by atoms with E-state index < -0.39 is 0 Å². The third kappa shape index (κ3) is 1.74. The minimum Gasteiger partial charge on any atom is -0.349 e. The maximum Gasteiger partial charge on any atom is 0.0448 e. The van der Waals surface area contributed by atoms with Crippen molar-refractivity contribution in [1.29, 1.82) is 0 Å². The van der Waals surface area contributed by atoms with Gasteiger partial charge < -0.3 is 9.88 Å². The maximum atomic E-state index is 4.37. The van der Waals surface area contributed by atoms with Gasteiger partial charge in [0.1, 0.15) is 0 Å². The van der Waals surface area contributed by atoms with E-state index in [4.69, 9.17) is 0 Å². The topological polar surface area (TPSA) is 29.9 Å². The Hall–Kier alpha value is -1.61. The van der Waals surface area contributed by atoms with E-state index >= 15 is 0 Å². The first-order valence-corrected chi connectivity index (χ1v) is 5.71. The molecule has 3 heterocycles. The second kappa shape index (κ2) is 4.10. The number of rotatable bonds is 2. The zero-order valence-corrected chi connectivity index (χ0v) is 9.19. The Bertz CT molecular complexity index is 473.